The van der Waals surface area contributed by atoms with Crippen molar-refractivity contribution < 1.29 is 8.83 Å². The number of nitrogens with zero attached hydrogens (tertiary/aromatic N) is 2. The van der Waals surface area contributed by atoms with E-state index in [0.29, 0.717) is 5.82 Å². The Labute approximate surface area is 310 Å². The van der Waals surface area contributed by atoms with Crippen LogP contribution in [0.3, 0.4) is 0 Å². The summed E-state index contributed by atoms with van der Waals surface area (Å²) in [6, 6.07) is 63.3. The van der Waals surface area contributed by atoms with Crippen LogP contribution in [-0.2, 0) is 0 Å². The van der Waals surface area contributed by atoms with Gasteiger partial charge in [-0.15, -0.1) is 0 Å². The first-order valence-electron chi connectivity index (χ1n) is 18.1. The molecule has 0 spiro atoms. The molecule has 0 aliphatic rings. The Bertz CT molecular complexity index is 3220. The summed E-state index contributed by atoms with van der Waals surface area (Å²) in [7, 11) is 0. The van der Waals surface area contributed by atoms with Crippen molar-refractivity contribution in [1.82, 2.24) is 9.97 Å². The van der Waals surface area contributed by atoms with Gasteiger partial charge in [-0.05, 0) is 69.9 Å². The maximum absolute atomic E-state index is 6.58. The van der Waals surface area contributed by atoms with Gasteiger partial charge in [0.05, 0.1) is 17.0 Å². The van der Waals surface area contributed by atoms with E-state index in [1.807, 2.05) is 48.5 Å². The topological polar surface area (TPSA) is 52.1 Å². The van der Waals surface area contributed by atoms with Gasteiger partial charge in [0.1, 0.15) is 22.3 Å². The monoisotopic (exact) mass is 690 g/mol. The van der Waals surface area contributed by atoms with E-state index >= 15 is 0 Å². The number of benzene rings is 8. The third-order valence-electron chi connectivity index (χ3n) is 10.5. The second kappa shape index (κ2) is 12.1. The average Bonchev–Trinajstić information content (AvgIpc) is 3.82. The zero-order valence-corrected chi connectivity index (χ0v) is 29.0. The number of fused-ring (bicyclic) bond motifs is 7. The van der Waals surface area contributed by atoms with Crippen LogP contribution >= 0.6 is 0 Å². The predicted octanol–water partition coefficient (Wildman–Crippen LogP) is 13.8. The Morgan fingerprint density at radius 1 is 0.315 bits per heavy atom. The fourth-order valence-electron chi connectivity index (χ4n) is 7.93. The van der Waals surface area contributed by atoms with Gasteiger partial charge in [0.2, 0.25) is 0 Å². The van der Waals surface area contributed by atoms with Crippen molar-refractivity contribution in [2.24, 2.45) is 0 Å². The van der Waals surface area contributed by atoms with Crippen molar-refractivity contribution in [2.75, 3.05) is 0 Å². The SMILES string of the molecule is c1ccc(-c2cc(-c3cc(-c4cccc5ccccc45)cc(-c4cccc5c4oc4ccccc45)c3)nc(-c3cccc4c3oc3ccccc34)n2)cc1. The lowest BCUT2D eigenvalue weighted by atomic mass is 9.91. The lowest BCUT2D eigenvalue weighted by molar-refractivity contribution is 0.669. The van der Waals surface area contributed by atoms with Crippen LogP contribution < -0.4 is 0 Å². The molecule has 0 amide bonds. The third kappa shape index (κ3) is 4.92. The van der Waals surface area contributed by atoms with Crippen LogP contribution in [0.15, 0.2) is 191 Å². The van der Waals surface area contributed by atoms with Crippen LogP contribution in [0.25, 0.3) is 111 Å². The minimum absolute atomic E-state index is 0.604. The smallest absolute Gasteiger partial charge is 0.164 e. The van der Waals surface area contributed by atoms with Crippen LogP contribution in [0.1, 0.15) is 0 Å². The van der Waals surface area contributed by atoms with Crippen molar-refractivity contribution in [3.8, 4) is 56.2 Å². The molecule has 0 unspecified atom stereocenters. The molecule has 11 rings (SSSR count). The number of rotatable bonds is 5. The van der Waals surface area contributed by atoms with E-state index in [1.165, 1.54) is 10.8 Å². The highest BCUT2D eigenvalue weighted by Crippen LogP contribution is 2.41. The van der Waals surface area contributed by atoms with E-state index in [9.17, 15) is 0 Å². The van der Waals surface area contributed by atoms with Gasteiger partial charge in [-0.2, -0.15) is 0 Å². The number of aromatic nitrogens is 2. The Kier molecular flexibility index (Phi) is 6.82. The van der Waals surface area contributed by atoms with Gasteiger partial charge < -0.3 is 8.83 Å². The molecule has 54 heavy (non-hydrogen) atoms. The predicted molar refractivity (Wildman–Crippen MR) is 221 cm³/mol. The Balaban J connectivity index is 1.19. The van der Waals surface area contributed by atoms with Crippen LogP contribution in [-0.4, -0.2) is 9.97 Å². The van der Waals surface area contributed by atoms with Gasteiger partial charge in [0.25, 0.3) is 0 Å². The molecule has 8 aromatic carbocycles. The van der Waals surface area contributed by atoms with E-state index in [2.05, 4.69) is 133 Å². The lowest BCUT2D eigenvalue weighted by Gasteiger charge is -2.14. The standard InChI is InChI=1S/C50H30N2O2/c1-2-14-32(15-3-1)44-30-45(52-50(51-44)43-24-12-23-42-40-19-7-9-26-47(40)54-49(42)43)35-28-33(37-20-10-16-31-13-4-5-17-36(31)37)27-34(29-35)38-21-11-22-41-39-18-6-8-25-46(39)53-48(38)41/h1-30H. The van der Waals surface area contributed by atoms with E-state index in [-0.39, 0.29) is 0 Å². The lowest BCUT2D eigenvalue weighted by Crippen LogP contribution is -1.97. The van der Waals surface area contributed by atoms with Crippen molar-refractivity contribution in [2.45, 2.75) is 0 Å². The summed E-state index contributed by atoms with van der Waals surface area (Å²) in [5.41, 5.74) is 12.1. The molecule has 0 aliphatic heterocycles. The molecule has 0 radical (unpaired) electrons. The molecule has 0 saturated carbocycles. The van der Waals surface area contributed by atoms with E-state index in [4.69, 9.17) is 18.8 Å². The maximum Gasteiger partial charge on any atom is 0.164 e. The summed E-state index contributed by atoms with van der Waals surface area (Å²) < 4.78 is 13.1. The summed E-state index contributed by atoms with van der Waals surface area (Å²) in [5.74, 6) is 0.604. The van der Waals surface area contributed by atoms with Crippen LogP contribution in [0.2, 0.25) is 0 Å². The molecular formula is C50H30N2O2. The quantitative estimate of drug-likeness (QED) is 0.180. The summed E-state index contributed by atoms with van der Waals surface area (Å²) >= 11 is 0. The summed E-state index contributed by atoms with van der Waals surface area (Å²) in [6.07, 6.45) is 0. The summed E-state index contributed by atoms with van der Waals surface area (Å²) in [5, 5.41) is 6.69. The van der Waals surface area contributed by atoms with E-state index < -0.39 is 0 Å². The molecule has 0 saturated heterocycles. The molecule has 0 fully saturated rings. The van der Waals surface area contributed by atoms with Gasteiger partial charge in [-0.25, -0.2) is 9.97 Å². The first kappa shape index (κ1) is 30.3. The maximum atomic E-state index is 6.58. The number of furan rings is 2. The molecule has 0 N–H and O–H groups in total. The number of hydrogen-bond acceptors (Lipinski definition) is 4. The molecular weight excluding hydrogens is 661 g/mol. The van der Waals surface area contributed by atoms with Crippen molar-refractivity contribution in [3.63, 3.8) is 0 Å². The van der Waals surface area contributed by atoms with Crippen molar-refractivity contribution in [1.29, 1.82) is 0 Å². The minimum atomic E-state index is 0.604. The molecule has 4 heteroatoms. The first-order chi connectivity index (χ1) is 26.7. The van der Waals surface area contributed by atoms with Gasteiger partial charge in [0.15, 0.2) is 5.82 Å². The highest BCUT2D eigenvalue weighted by molar-refractivity contribution is 6.11. The Hall–Kier alpha value is -7.30. The highest BCUT2D eigenvalue weighted by atomic mass is 16.3. The average molecular weight is 691 g/mol. The molecule has 0 aliphatic carbocycles. The van der Waals surface area contributed by atoms with Crippen LogP contribution in [0.4, 0.5) is 0 Å². The largest absolute Gasteiger partial charge is 0.455 e. The second-order valence-corrected chi connectivity index (χ2v) is 13.7. The zero-order valence-electron chi connectivity index (χ0n) is 29.0. The molecule has 4 nitrogen and oxygen atoms in total. The Morgan fingerprint density at radius 3 is 1.52 bits per heavy atom. The van der Waals surface area contributed by atoms with Gasteiger partial charge in [-0.1, -0.05) is 140 Å². The molecule has 11 aromatic rings. The van der Waals surface area contributed by atoms with E-state index in [1.54, 1.807) is 0 Å². The number of hydrogen-bond donors (Lipinski definition) is 0. The first-order valence-corrected chi connectivity index (χ1v) is 18.1. The normalized spacial score (nSPS) is 11.7. The summed E-state index contributed by atoms with van der Waals surface area (Å²) in [6.45, 7) is 0. The van der Waals surface area contributed by atoms with Crippen molar-refractivity contribution in [3.05, 3.63) is 182 Å². The Morgan fingerprint density at radius 2 is 0.796 bits per heavy atom. The number of para-hydroxylation sites is 4. The van der Waals surface area contributed by atoms with Crippen molar-refractivity contribution >= 4 is 54.6 Å². The molecule has 0 atom stereocenters. The van der Waals surface area contributed by atoms with Gasteiger partial charge in [-0.3, -0.25) is 0 Å². The minimum Gasteiger partial charge on any atom is -0.455 e. The second-order valence-electron chi connectivity index (χ2n) is 13.7. The molecule has 0 bridgehead atoms. The highest BCUT2D eigenvalue weighted by Gasteiger charge is 2.19. The zero-order chi connectivity index (χ0) is 35.6. The molecule has 3 heterocycles. The summed E-state index contributed by atoms with van der Waals surface area (Å²) in [4.78, 5) is 10.6. The van der Waals surface area contributed by atoms with E-state index in [0.717, 1.165) is 94.2 Å². The van der Waals surface area contributed by atoms with Crippen LogP contribution in [0.5, 0.6) is 0 Å². The fourth-order valence-corrected chi connectivity index (χ4v) is 7.93. The fraction of sp³-hybridized carbons (Fsp3) is 0. The third-order valence-corrected chi connectivity index (χ3v) is 10.5. The van der Waals surface area contributed by atoms with Gasteiger partial charge in [0, 0.05) is 38.2 Å². The van der Waals surface area contributed by atoms with Gasteiger partial charge >= 0.3 is 0 Å². The molecule has 252 valence electrons. The molecule has 3 aromatic heterocycles. The van der Waals surface area contributed by atoms with Crippen LogP contribution in [0, 0.1) is 0 Å².